The third kappa shape index (κ3) is 2.40. The molecule has 2 aliphatic heterocycles. The van der Waals surface area contributed by atoms with E-state index in [-0.39, 0.29) is 5.91 Å². The van der Waals surface area contributed by atoms with Gasteiger partial charge in [0, 0.05) is 35.1 Å². The van der Waals surface area contributed by atoms with Crippen molar-refractivity contribution in [2.75, 3.05) is 18.0 Å². The Kier molecular flexibility index (Phi) is 3.81. The van der Waals surface area contributed by atoms with Crippen LogP contribution in [0.4, 0.5) is 11.4 Å². The number of benzene rings is 2. The highest BCUT2D eigenvalue weighted by atomic mass is 35.5. The van der Waals surface area contributed by atoms with Gasteiger partial charge in [0.1, 0.15) is 0 Å². The van der Waals surface area contributed by atoms with Crippen LogP contribution in [0.3, 0.4) is 0 Å². The molecule has 0 bridgehead atoms. The highest BCUT2D eigenvalue weighted by molar-refractivity contribution is 6.37. The Morgan fingerprint density at radius 1 is 1.04 bits per heavy atom. The Balaban J connectivity index is 1.89. The highest BCUT2D eigenvalue weighted by Crippen LogP contribution is 2.44. The maximum Gasteiger partial charge on any atom is 0.265 e. The number of allylic oxidation sites excluding steroid dienone is 1. The standard InChI is InChI=1S/C20H19ClN2O/c1-14(22-11-5-6-12-22)19-17-10-9-15(21)13-18(17)23(20(19)24)16-7-3-2-4-8-16/h2-4,7-10,13H,5-6,11-12H2,1H3/b19-14+. The van der Waals surface area contributed by atoms with Crippen LogP contribution in [0.2, 0.25) is 5.02 Å². The number of carbonyl (C=O) groups excluding carboxylic acids is 1. The van der Waals surface area contributed by atoms with E-state index in [1.165, 1.54) is 12.8 Å². The van der Waals surface area contributed by atoms with Gasteiger partial charge in [-0.25, -0.2) is 0 Å². The van der Waals surface area contributed by atoms with E-state index in [9.17, 15) is 4.79 Å². The predicted octanol–water partition coefficient (Wildman–Crippen LogP) is 4.85. The monoisotopic (exact) mass is 338 g/mol. The van der Waals surface area contributed by atoms with Crippen molar-refractivity contribution in [3.05, 3.63) is 64.8 Å². The van der Waals surface area contributed by atoms with Gasteiger partial charge in [-0.3, -0.25) is 9.69 Å². The molecule has 1 saturated heterocycles. The van der Waals surface area contributed by atoms with Gasteiger partial charge in [-0.1, -0.05) is 35.9 Å². The zero-order valence-corrected chi connectivity index (χ0v) is 14.4. The lowest BCUT2D eigenvalue weighted by atomic mass is 10.1. The minimum atomic E-state index is 0.0304. The molecule has 3 nitrogen and oxygen atoms in total. The lowest BCUT2D eigenvalue weighted by Gasteiger charge is -2.21. The molecule has 1 amide bonds. The van der Waals surface area contributed by atoms with E-state index in [0.717, 1.165) is 41.3 Å². The van der Waals surface area contributed by atoms with Gasteiger partial charge >= 0.3 is 0 Å². The second-order valence-electron chi connectivity index (χ2n) is 6.29. The lowest BCUT2D eigenvalue weighted by molar-refractivity contribution is -0.112. The summed E-state index contributed by atoms with van der Waals surface area (Å²) in [5.41, 5.74) is 4.58. The first-order chi connectivity index (χ1) is 11.7. The molecule has 0 unspecified atom stereocenters. The molecule has 4 rings (SSSR count). The summed E-state index contributed by atoms with van der Waals surface area (Å²) in [7, 11) is 0. The Hall–Kier alpha value is -2.26. The number of carbonyl (C=O) groups is 1. The SMILES string of the molecule is C/C(=C1\C(=O)N(c2ccccc2)c2cc(Cl)ccc21)N1CCCC1. The average molecular weight is 339 g/mol. The van der Waals surface area contributed by atoms with Crippen molar-refractivity contribution in [3.63, 3.8) is 0 Å². The predicted molar refractivity (Wildman–Crippen MR) is 98.4 cm³/mol. The van der Waals surface area contributed by atoms with Crippen molar-refractivity contribution in [3.8, 4) is 0 Å². The number of halogens is 1. The minimum absolute atomic E-state index is 0.0304. The van der Waals surface area contributed by atoms with Crippen molar-refractivity contribution in [1.82, 2.24) is 4.90 Å². The number of hydrogen-bond donors (Lipinski definition) is 0. The Labute approximate surface area is 147 Å². The summed E-state index contributed by atoms with van der Waals surface area (Å²) in [6.07, 6.45) is 2.38. The fourth-order valence-electron chi connectivity index (χ4n) is 3.63. The molecule has 0 N–H and O–H groups in total. The normalized spacial score (nSPS) is 19.0. The average Bonchev–Trinajstić information content (AvgIpc) is 3.21. The molecule has 0 aliphatic carbocycles. The molecular formula is C20H19ClN2O. The van der Waals surface area contributed by atoms with Gasteiger partial charge in [0.15, 0.2) is 0 Å². The molecule has 0 radical (unpaired) electrons. The second kappa shape index (κ2) is 5.99. The molecule has 0 aromatic heterocycles. The number of amides is 1. The molecule has 2 heterocycles. The number of fused-ring (bicyclic) bond motifs is 1. The largest absolute Gasteiger partial charge is 0.374 e. The number of hydrogen-bond acceptors (Lipinski definition) is 2. The first-order valence-electron chi connectivity index (χ1n) is 8.32. The maximum absolute atomic E-state index is 13.3. The number of anilines is 2. The van der Waals surface area contributed by atoms with Gasteiger partial charge in [-0.2, -0.15) is 0 Å². The molecule has 0 atom stereocenters. The van der Waals surface area contributed by atoms with E-state index >= 15 is 0 Å². The summed E-state index contributed by atoms with van der Waals surface area (Å²) in [5, 5.41) is 0.641. The van der Waals surface area contributed by atoms with Gasteiger partial charge < -0.3 is 4.90 Å². The number of likely N-dealkylation sites (tertiary alicyclic amines) is 1. The van der Waals surface area contributed by atoms with Crippen LogP contribution in [0.15, 0.2) is 54.2 Å². The van der Waals surface area contributed by atoms with Crippen LogP contribution in [0.5, 0.6) is 0 Å². The summed E-state index contributed by atoms with van der Waals surface area (Å²) in [6.45, 7) is 4.11. The summed E-state index contributed by atoms with van der Waals surface area (Å²) < 4.78 is 0. The molecule has 4 heteroatoms. The van der Waals surface area contributed by atoms with Crippen molar-refractivity contribution in [1.29, 1.82) is 0 Å². The summed E-state index contributed by atoms with van der Waals surface area (Å²) >= 11 is 6.21. The zero-order valence-electron chi connectivity index (χ0n) is 13.6. The first kappa shape index (κ1) is 15.3. The van der Waals surface area contributed by atoms with E-state index in [1.54, 1.807) is 4.90 Å². The smallest absolute Gasteiger partial charge is 0.265 e. The van der Waals surface area contributed by atoms with E-state index in [0.29, 0.717) is 5.02 Å². The van der Waals surface area contributed by atoms with Crippen LogP contribution in [-0.2, 0) is 4.79 Å². The number of rotatable bonds is 2. The molecule has 0 saturated carbocycles. The van der Waals surface area contributed by atoms with Crippen LogP contribution < -0.4 is 4.90 Å². The zero-order chi connectivity index (χ0) is 16.7. The lowest BCUT2D eigenvalue weighted by Crippen LogP contribution is -2.24. The van der Waals surface area contributed by atoms with Gasteiger partial charge in [0.25, 0.3) is 5.91 Å². The molecule has 122 valence electrons. The molecule has 2 aromatic rings. The van der Waals surface area contributed by atoms with Crippen LogP contribution in [-0.4, -0.2) is 23.9 Å². The molecule has 24 heavy (non-hydrogen) atoms. The molecule has 2 aliphatic rings. The fourth-order valence-corrected chi connectivity index (χ4v) is 3.80. The topological polar surface area (TPSA) is 23.6 Å². The molecule has 1 fully saturated rings. The summed E-state index contributed by atoms with van der Waals surface area (Å²) in [5.74, 6) is 0.0304. The Morgan fingerprint density at radius 3 is 2.46 bits per heavy atom. The molecule has 0 spiro atoms. The van der Waals surface area contributed by atoms with E-state index < -0.39 is 0 Å². The van der Waals surface area contributed by atoms with E-state index in [4.69, 9.17) is 11.6 Å². The fraction of sp³-hybridized carbons (Fsp3) is 0.250. The van der Waals surface area contributed by atoms with E-state index in [1.807, 2.05) is 48.5 Å². The third-order valence-corrected chi connectivity index (χ3v) is 5.08. The first-order valence-corrected chi connectivity index (χ1v) is 8.70. The minimum Gasteiger partial charge on any atom is -0.374 e. The van der Waals surface area contributed by atoms with Gasteiger partial charge in [-0.15, -0.1) is 0 Å². The quantitative estimate of drug-likeness (QED) is 0.731. The molecule has 2 aromatic carbocycles. The highest BCUT2D eigenvalue weighted by Gasteiger charge is 2.36. The number of para-hydroxylation sites is 1. The van der Waals surface area contributed by atoms with Crippen LogP contribution in [0.25, 0.3) is 5.57 Å². The van der Waals surface area contributed by atoms with E-state index in [2.05, 4.69) is 11.8 Å². The van der Waals surface area contributed by atoms with Crippen LogP contribution in [0.1, 0.15) is 25.3 Å². The van der Waals surface area contributed by atoms with Crippen molar-refractivity contribution in [2.45, 2.75) is 19.8 Å². The van der Waals surface area contributed by atoms with Gasteiger partial charge in [0.05, 0.1) is 11.3 Å². The maximum atomic E-state index is 13.3. The second-order valence-corrected chi connectivity index (χ2v) is 6.73. The van der Waals surface area contributed by atoms with Gasteiger partial charge in [0.2, 0.25) is 0 Å². The molecular weight excluding hydrogens is 320 g/mol. The van der Waals surface area contributed by atoms with Crippen molar-refractivity contribution in [2.24, 2.45) is 0 Å². The Bertz CT molecular complexity index is 823. The summed E-state index contributed by atoms with van der Waals surface area (Å²) in [6, 6.07) is 15.5. The summed E-state index contributed by atoms with van der Waals surface area (Å²) in [4.78, 5) is 17.4. The van der Waals surface area contributed by atoms with Crippen LogP contribution in [0, 0.1) is 0 Å². The Morgan fingerprint density at radius 2 is 1.75 bits per heavy atom. The number of nitrogens with zero attached hydrogens (tertiary/aromatic N) is 2. The van der Waals surface area contributed by atoms with Crippen molar-refractivity contribution < 1.29 is 4.79 Å². The van der Waals surface area contributed by atoms with Crippen LogP contribution >= 0.6 is 11.6 Å². The third-order valence-electron chi connectivity index (χ3n) is 4.84. The van der Waals surface area contributed by atoms with Crippen molar-refractivity contribution >= 4 is 34.5 Å². The van der Waals surface area contributed by atoms with Gasteiger partial charge in [-0.05, 0) is 44.0 Å².